The first-order valence-electron chi connectivity index (χ1n) is 4.11. The van der Waals surface area contributed by atoms with Gasteiger partial charge in [-0.25, -0.2) is 8.42 Å². The van der Waals surface area contributed by atoms with Crippen LogP contribution in [0.2, 0.25) is 5.15 Å². The molecule has 0 aliphatic rings. The molecule has 0 saturated heterocycles. The summed E-state index contributed by atoms with van der Waals surface area (Å²) in [5, 5.41) is 4.12. The molecule has 0 N–H and O–H groups in total. The standard InChI is InChI=1S/C7H10Cl2N2O2S/c1-3-5-6(14(9,12)13)7(8)11(4-2)10-5/h3-4H2,1-2H3. The fraction of sp³-hybridized carbons (Fsp3) is 0.571. The summed E-state index contributed by atoms with van der Waals surface area (Å²) in [6.45, 7) is 4.13. The SMILES string of the molecule is CCc1nn(CC)c(Cl)c1S(=O)(=O)Cl. The molecule has 4 nitrogen and oxygen atoms in total. The molecule has 14 heavy (non-hydrogen) atoms. The highest BCUT2D eigenvalue weighted by molar-refractivity contribution is 8.13. The molecular formula is C7H10Cl2N2O2S. The van der Waals surface area contributed by atoms with Gasteiger partial charge in [0.1, 0.15) is 10.0 Å². The normalized spacial score (nSPS) is 12.0. The fourth-order valence-electron chi connectivity index (χ4n) is 1.15. The van der Waals surface area contributed by atoms with Gasteiger partial charge in [0.25, 0.3) is 9.05 Å². The summed E-state index contributed by atoms with van der Waals surface area (Å²) < 4.78 is 23.8. The van der Waals surface area contributed by atoms with E-state index < -0.39 is 9.05 Å². The smallest absolute Gasteiger partial charge is 0.253 e. The van der Waals surface area contributed by atoms with Crippen LogP contribution in [0.25, 0.3) is 0 Å². The third-order valence-electron chi connectivity index (χ3n) is 1.80. The predicted octanol–water partition coefficient (Wildman–Crippen LogP) is 2.05. The zero-order chi connectivity index (χ0) is 10.9. The first kappa shape index (κ1) is 11.8. The van der Waals surface area contributed by atoms with Crippen LogP contribution in [0.15, 0.2) is 4.90 Å². The molecule has 0 aliphatic heterocycles. The Hall–Kier alpha value is -0.260. The van der Waals surface area contributed by atoms with Crippen LogP contribution in [-0.2, 0) is 22.0 Å². The first-order valence-corrected chi connectivity index (χ1v) is 6.80. The lowest BCUT2D eigenvalue weighted by molar-refractivity contribution is 0.608. The second kappa shape index (κ2) is 4.08. The molecule has 0 aliphatic carbocycles. The van der Waals surface area contributed by atoms with Crippen molar-refractivity contribution in [3.05, 3.63) is 10.8 Å². The monoisotopic (exact) mass is 256 g/mol. The molecule has 0 bridgehead atoms. The summed E-state index contributed by atoms with van der Waals surface area (Å²) >= 11 is 5.83. The highest BCUT2D eigenvalue weighted by Crippen LogP contribution is 2.28. The molecule has 7 heteroatoms. The van der Waals surface area contributed by atoms with Gasteiger partial charge in [-0.2, -0.15) is 5.10 Å². The number of hydrogen-bond donors (Lipinski definition) is 0. The average molecular weight is 257 g/mol. The molecule has 0 atom stereocenters. The van der Waals surface area contributed by atoms with Crippen molar-refractivity contribution in [1.29, 1.82) is 0 Å². The lowest BCUT2D eigenvalue weighted by atomic mass is 10.3. The largest absolute Gasteiger partial charge is 0.266 e. The van der Waals surface area contributed by atoms with Crippen LogP contribution in [0.1, 0.15) is 19.5 Å². The van der Waals surface area contributed by atoms with Crippen molar-refractivity contribution in [2.45, 2.75) is 31.7 Å². The van der Waals surface area contributed by atoms with Crippen LogP contribution in [0, 0.1) is 0 Å². The van der Waals surface area contributed by atoms with Gasteiger partial charge in [-0.15, -0.1) is 0 Å². The van der Waals surface area contributed by atoms with Crippen molar-refractivity contribution in [2.75, 3.05) is 0 Å². The highest BCUT2D eigenvalue weighted by Gasteiger charge is 2.24. The number of halogens is 2. The Balaban J connectivity index is 3.48. The minimum Gasteiger partial charge on any atom is -0.253 e. The van der Waals surface area contributed by atoms with Gasteiger partial charge in [0, 0.05) is 17.2 Å². The molecule has 0 spiro atoms. The van der Waals surface area contributed by atoms with Crippen molar-refractivity contribution in [1.82, 2.24) is 9.78 Å². The number of hydrogen-bond acceptors (Lipinski definition) is 3. The van der Waals surface area contributed by atoms with Gasteiger partial charge < -0.3 is 0 Å². The lowest BCUT2D eigenvalue weighted by Gasteiger charge is -1.96. The van der Waals surface area contributed by atoms with Gasteiger partial charge in [-0.1, -0.05) is 18.5 Å². The Labute approximate surface area is 92.2 Å². The summed E-state index contributed by atoms with van der Waals surface area (Å²) in [7, 11) is 1.44. The van der Waals surface area contributed by atoms with E-state index in [2.05, 4.69) is 5.10 Å². The molecule has 1 rings (SSSR count). The van der Waals surface area contributed by atoms with Crippen molar-refractivity contribution < 1.29 is 8.42 Å². The third kappa shape index (κ3) is 2.04. The van der Waals surface area contributed by atoms with Crippen LogP contribution in [0.4, 0.5) is 0 Å². The van der Waals surface area contributed by atoms with Crippen molar-refractivity contribution in [2.24, 2.45) is 0 Å². The third-order valence-corrected chi connectivity index (χ3v) is 3.67. The molecule has 0 unspecified atom stereocenters. The quantitative estimate of drug-likeness (QED) is 0.778. The predicted molar refractivity (Wildman–Crippen MR) is 55.3 cm³/mol. The number of aromatic nitrogens is 2. The molecule has 0 amide bonds. The maximum atomic E-state index is 11.2. The summed E-state index contributed by atoms with van der Waals surface area (Å²) in [6, 6.07) is 0. The van der Waals surface area contributed by atoms with Crippen molar-refractivity contribution >= 4 is 31.3 Å². The van der Waals surface area contributed by atoms with Gasteiger partial charge in [-0.3, -0.25) is 4.68 Å². The number of rotatable bonds is 3. The van der Waals surface area contributed by atoms with E-state index in [0.29, 0.717) is 18.7 Å². The van der Waals surface area contributed by atoms with E-state index in [4.69, 9.17) is 22.3 Å². The van der Waals surface area contributed by atoms with E-state index >= 15 is 0 Å². The first-order chi connectivity index (χ1) is 6.41. The molecule has 0 aromatic carbocycles. The Bertz CT molecular complexity index is 439. The molecule has 1 aromatic rings. The average Bonchev–Trinajstić information content (AvgIpc) is 2.40. The van der Waals surface area contributed by atoms with E-state index in [9.17, 15) is 8.42 Å². The summed E-state index contributed by atoms with van der Waals surface area (Å²) in [5.74, 6) is 0. The Morgan fingerprint density at radius 2 is 2.00 bits per heavy atom. The summed E-state index contributed by atoms with van der Waals surface area (Å²) in [5.41, 5.74) is 0.409. The minimum atomic E-state index is -3.81. The maximum Gasteiger partial charge on any atom is 0.266 e. The van der Waals surface area contributed by atoms with Crippen LogP contribution in [0.3, 0.4) is 0 Å². The molecule has 80 valence electrons. The van der Waals surface area contributed by atoms with Gasteiger partial charge >= 0.3 is 0 Å². The van der Waals surface area contributed by atoms with E-state index in [1.54, 1.807) is 6.92 Å². The molecular weight excluding hydrogens is 247 g/mol. The Morgan fingerprint density at radius 1 is 1.43 bits per heavy atom. The zero-order valence-corrected chi connectivity index (χ0v) is 10.1. The second-order valence-corrected chi connectivity index (χ2v) is 5.53. The molecule has 0 fully saturated rings. The van der Waals surface area contributed by atoms with Crippen LogP contribution in [0.5, 0.6) is 0 Å². The number of aryl methyl sites for hydroxylation is 2. The molecule has 1 heterocycles. The molecule has 0 radical (unpaired) electrons. The minimum absolute atomic E-state index is 0.0646. The van der Waals surface area contributed by atoms with Gasteiger partial charge in [0.05, 0.1) is 5.69 Å². The number of nitrogens with zero attached hydrogens (tertiary/aromatic N) is 2. The van der Waals surface area contributed by atoms with Crippen LogP contribution < -0.4 is 0 Å². The van der Waals surface area contributed by atoms with Crippen molar-refractivity contribution in [3.8, 4) is 0 Å². The highest BCUT2D eigenvalue weighted by atomic mass is 35.7. The Morgan fingerprint density at radius 3 is 2.29 bits per heavy atom. The van der Waals surface area contributed by atoms with E-state index in [0.717, 1.165) is 0 Å². The molecule has 1 aromatic heterocycles. The second-order valence-electron chi connectivity index (χ2n) is 2.67. The van der Waals surface area contributed by atoms with Gasteiger partial charge in [0.2, 0.25) is 0 Å². The lowest BCUT2D eigenvalue weighted by Crippen LogP contribution is -1.96. The van der Waals surface area contributed by atoms with Gasteiger partial charge in [0.15, 0.2) is 0 Å². The van der Waals surface area contributed by atoms with Gasteiger partial charge in [-0.05, 0) is 13.3 Å². The Kier molecular flexibility index (Phi) is 3.44. The summed E-state index contributed by atoms with van der Waals surface area (Å²) in [6.07, 6.45) is 0.480. The molecule has 0 saturated carbocycles. The van der Waals surface area contributed by atoms with Crippen LogP contribution in [-0.4, -0.2) is 18.2 Å². The zero-order valence-electron chi connectivity index (χ0n) is 7.79. The topological polar surface area (TPSA) is 52.0 Å². The van der Waals surface area contributed by atoms with Crippen LogP contribution >= 0.6 is 22.3 Å². The van der Waals surface area contributed by atoms with Crippen molar-refractivity contribution in [3.63, 3.8) is 0 Å². The maximum absolute atomic E-state index is 11.2. The van der Waals surface area contributed by atoms with E-state index in [-0.39, 0.29) is 10.0 Å². The van der Waals surface area contributed by atoms with E-state index in [1.807, 2.05) is 6.92 Å². The summed E-state index contributed by atoms with van der Waals surface area (Å²) in [4.78, 5) is -0.0646. The fourth-order valence-corrected chi connectivity index (χ4v) is 3.10. The van der Waals surface area contributed by atoms with E-state index in [1.165, 1.54) is 4.68 Å².